The Kier molecular flexibility index (Phi) is 3.85. The summed E-state index contributed by atoms with van der Waals surface area (Å²) in [5.41, 5.74) is 0.0807. The lowest BCUT2D eigenvalue weighted by atomic mass is 9.92. The zero-order valence-electron chi connectivity index (χ0n) is 11.6. The zero-order valence-corrected chi connectivity index (χ0v) is 11.6. The first kappa shape index (κ1) is 13.6. The van der Waals surface area contributed by atoms with Crippen LogP contribution in [0.15, 0.2) is 43.0 Å². The second-order valence-corrected chi connectivity index (χ2v) is 5.27. The lowest BCUT2D eigenvalue weighted by Crippen LogP contribution is -2.32. The quantitative estimate of drug-likeness (QED) is 0.638. The minimum atomic E-state index is -0.404. The average Bonchev–Trinajstić information content (AvgIpc) is 3.02. The lowest BCUT2D eigenvalue weighted by Gasteiger charge is -2.32. The molecule has 0 bridgehead atoms. The summed E-state index contributed by atoms with van der Waals surface area (Å²) in [7, 11) is 0. The van der Waals surface area contributed by atoms with Crippen LogP contribution in [-0.4, -0.2) is 20.6 Å². The summed E-state index contributed by atoms with van der Waals surface area (Å²) in [5, 5.41) is 10.7. The van der Waals surface area contributed by atoms with E-state index in [-0.39, 0.29) is 17.8 Å². The van der Waals surface area contributed by atoms with Gasteiger partial charge in [0.25, 0.3) is 5.69 Å². The Morgan fingerprint density at radius 3 is 2.67 bits per heavy atom. The summed E-state index contributed by atoms with van der Waals surface area (Å²) >= 11 is 0. The Morgan fingerprint density at radius 2 is 2.00 bits per heavy atom. The molecule has 21 heavy (non-hydrogen) atoms. The first-order valence-corrected chi connectivity index (χ1v) is 7.12. The van der Waals surface area contributed by atoms with Crippen LogP contribution in [0, 0.1) is 10.1 Å². The SMILES string of the molecule is O=[N+]([O-])c1ccc(O[C@H]2CCCC[C@@H]2n2ccnc2)cc1. The van der Waals surface area contributed by atoms with Crippen molar-refractivity contribution in [3.05, 3.63) is 53.1 Å². The Labute approximate surface area is 122 Å². The van der Waals surface area contributed by atoms with E-state index in [4.69, 9.17) is 4.74 Å². The largest absolute Gasteiger partial charge is 0.488 e. The van der Waals surface area contributed by atoms with E-state index in [0.717, 1.165) is 19.3 Å². The fourth-order valence-electron chi connectivity index (χ4n) is 2.84. The number of non-ortho nitro benzene ring substituents is 1. The number of aromatic nitrogens is 2. The maximum absolute atomic E-state index is 10.7. The van der Waals surface area contributed by atoms with Gasteiger partial charge >= 0.3 is 0 Å². The predicted molar refractivity (Wildman–Crippen MR) is 77.2 cm³/mol. The van der Waals surface area contributed by atoms with Crippen LogP contribution in [0.4, 0.5) is 5.69 Å². The fourth-order valence-corrected chi connectivity index (χ4v) is 2.84. The summed E-state index contributed by atoms with van der Waals surface area (Å²) in [4.78, 5) is 14.4. The minimum absolute atomic E-state index is 0.0782. The molecule has 0 unspecified atom stereocenters. The van der Waals surface area contributed by atoms with Crippen molar-refractivity contribution in [3.8, 4) is 5.75 Å². The molecule has 0 saturated heterocycles. The number of nitro groups is 1. The van der Waals surface area contributed by atoms with Crippen LogP contribution in [0.1, 0.15) is 31.7 Å². The highest BCUT2D eigenvalue weighted by atomic mass is 16.6. The number of rotatable bonds is 4. The first-order chi connectivity index (χ1) is 10.2. The molecule has 0 N–H and O–H groups in total. The van der Waals surface area contributed by atoms with Crippen molar-refractivity contribution >= 4 is 5.69 Å². The van der Waals surface area contributed by atoms with Crippen molar-refractivity contribution in [3.63, 3.8) is 0 Å². The Balaban J connectivity index is 1.74. The molecule has 0 amide bonds. The summed E-state index contributed by atoms with van der Waals surface area (Å²) in [5.74, 6) is 0.678. The van der Waals surface area contributed by atoms with Gasteiger partial charge in [0, 0.05) is 24.5 Å². The molecular weight excluding hydrogens is 270 g/mol. The van der Waals surface area contributed by atoms with Crippen LogP contribution < -0.4 is 4.74 Å². The third-order valence-corrected chi connectivity index (χ3v) is 3.91. The minimum Gasteiger partial charge on any atom is -0.488 e. The third-order valence-electron chi connectivity index (χ3n) is 3.91. The second-order valence-electron chi connectivity index (χ2n) is 5.27. The molecule has 6 nitrogen and oxygen atoms in total. The summed E-state index contributed by atoms with van der Waals surface area (Å²) < 4.78 is 8.15. The van der Waals surface area contributed by atoms with Gasteiger partial charge in [-0.3, -0.25) is 10.1 Å². The van der Waals surface area contributed by atoms with Crippen LogP contribution in [0.5, 0.6) is 5.75 Å². The number of benzene rings is 1. The van der Waals surface area contributed by atoms with Gasteiger partial charge in [0.2, 0.25) is 0 Å². The molecule has 1 saturated carbocycles. The smallest absolute Gasteiger partial charge is 0.269 e. The molecule has 1 fully saturated rings. The number of nitro benzene ring substituents is 1. The Bertz CT molecular complexity index is 595. The van der Waals surface area contributed by atoms with Gasteiger partial charge in [0.05, 0.1) is 17.3 Å². The molecule has 2 aromatic rings. The van der Waals surface area contributed by atoms with Gasteiger partial charge in [0.1, 0.15) is 11.9 Å². The van der Waals surface area contributed by atoms with Gasteiger partial charge in [-0.1, -0.05) is 6.42 Å². The van der Waals surface area contributed by atoms with Crippen LogP contribution in [0.3, 0.4) is 0 Å². The van der Waals surface area contributed by atoms with E-state index < -0.39 is 4.92 Å². The highest BCUT2D eigenvalue weighted by molar-refractivity contribution is 5.36. The molecule has 0 radical (unpaired) electrons. The molecular formula is C15H17N3O3. The van der Waals surface area contributed by atoms with Crippen molar-refractivity contribution in [1.29, 1.82) is 0 Å². The summed E-state index contributed by atoms with van der Waals surface area (Å²) in [6.45, 7) is 0. The molecule has 1 aromatic carbocycles. The number of ether oxygens (including phenoxy) is 1. The standard InChI is InChI=1S/C15H17N3O3/c19-18(20)12-5-7-13(8-6-12)21-15-4-2-1-3-14(15)17-10-9-16-11-17/h5-11,14-15H,1-4H2/t14-,15-/m0/s1. The van der Waals surface area contributed by atoms with E-state index in [1.165, 1.54) is 18.6 Å². The first-order valence-electron chi connectivity index (χ1n) is 7.12. The van der Waals surface area contributed by atoms with Gasteiger partial charge in [-0.2, -0.15) is 0 Å². The molecule has 0 spiro atoms. The lowest BCUT2D eigenvalue weighted by molar-refractivity contribution is -0.384. The van der Waals surface area contributed by atoms with Crippen LogP contribution in [0.2, 0.25) is 0 Å². The molecule has 3 rings (SSSR count). The second kappa shape index (κ2) is 5.95. The molecule has 1 aromatic heterocycles. The van der Waals surface area contributed by atoms with Crippen molar-refractivity contribution in [2.45, 2.75) is 37.8 Å². The van der Waals surface area contributed by atoms with Gasteiger partial charge in [-0.25, -0.2) is 4.98 Å². The summed E-state index contributed by atoms with van der Waals surface area (Å²) in [6.07, 6.45) is 10.0. The highest BCUT2D eigenvalue weighted by Gasteiger charge is 2.28. The molecule has 1 aliphatic carbocycles. The number of nitrogens with zero attached hydrogens (tertiary/aromatic N) is 3. The van der Waals surface area contributed by atoms with E-state index in [1.807, 2.05) is 12.5 Å². The van der Waals surface area contributed by atoms with E-state index >= 15 is 0 Å². The number of imidazole rings is 1. The molecule has 6 heteroatoms. The predicted octanol–water partition coefficient (Wildman–Crippen LogP) is 3.35. The molecule has 1 aliphatic rings. The van der Waals surface area contributed by atoms with Crippen molar-refractivity contribution in [2.75, 3.05) is 0 Å². The maximum Gasteiger partial charge on any atom is 0.269 e. The van der Waals surface area contributed by atoms with Gasteiger partial charge in [-0.15, -0.1) is 0 Å². The van der Waals surface area contributed by atoms with Crippen molar-refractivity contribution in [1.82, 2.24) is 9.55 Å². The van der Waals surface area contributed by atoms with E-state index in [1.54, 1.807) is 18.3 Å². The normalized spacial score (nSPS) is 21.9. The fraction of sp³-hybridized carbons (Fsp3) is 0.400. The Morgan fingerprint density at radius 1 is 1.24 bits per heavy atom. The van der Waals surface area contributed by atoms with Crippen LogP contribution in [-0.2, 0) is 0 Å². The Hall–Kier alpha value is -2.37. The van der Waals surface area contributed by atoms with Gasteiger partial charge < -0.3 is 9.30 Å². The van der Waals surface area contributed by atoms with E-state index in [9.17, 15) is 10.1 Å². The average molecular weight is 287 g/mol. The third kappa shape index (κ3) is 3.04. The zero-order chi connectivity index (χ0) is 14.7. The van der Waals surface area contributed by atoms with E-state index in [2.05, 4.69) is 9.55 Å². The van der Waals surface area contributed by atoms with Crippen LogP contribution in [0.25, 0.3) is 0 Å². The van der Waals surface area contributed by atoms with E-state index in [0.29, 0.717) is 5.75 Å². The molecule has 2 atom stereocenters. The molecule has 1 heterocycles. The van der Waals surface area contributed by atoms with Crippen molar-refractivity contribution in [2.24, 2.45) is 0 Å². The molecule has 110 valence electrons. The number of hydrogen-bond acceptors (Lipinski definition) is 4. The molecule has 0 aliphatic heterocycles. The van der Waals surface area contributed by atoms with Gasteiger partial charge in [-0.05, 0) is 31.4 Å². The number of hydrogen-bond donors (Lipinski definition) is 0. The summed E-state index contributed by atoms with van der Waals surface area (Å²) in [6, 6.07) is 6.56. The van der Waals surface area contributed by atoms with Gasteiger partial charge in [0.15, 0.2) is 0 Å². The maximum atomic E-state index is 10.7. The van der Waals surface area contributed by atoms with Crippen molar-refractivity contribution < 1.29 is 9.66 Å². The topological polar surface area (TPSA) is 70.2 Å². The monoisotopic (exact) mass is 287 g/mol. The highest BCUT2D eigenvalue weighted by Crippen LogP contribution is 2.32. The van der Waals surface area contributed by atoms with Crippen LogP contribution >= 0.6 is 0 Å².